The molecular formula is C17H21N3S. The second kappa shape index (κ2) is 6.68. The Bertz CT molecular complexity index is 648. The average Bonchev–Trinajstić information content (AvgIpc) is 2.40. The molecule has 0 saturated heterocycles. The first kappa shape index (κ1) is 15.4. The molecule has 21 heavy (non-hydrogen) atoms. The second-order valence-corrected chi connectivity index (χ2v) is 5.65. The zero-order valence-electron chi connectivity index (χ0n) is 12.7. The summed E-state index contributed by atoms with van der Waals surface area (Å²) in [6, 6.07) is 10.4. The maximum absolute atomic E-state index is 5.83. The largest absolute Gasteiger partial charge is 0.389 e. The average molecular weight is 299 g/mol. The van der Waals surface area contributed by atoms with E-state index < -0.39 is 0 Å². The summed E-state index contributed by atoms with van der Waals surface area (Å²) in [7, 11) is 0. The maximum Gasteiger partial charge on any atom is 0.107 e. The molecule has 0 saturated carbocycles. The monoisotopic (exact) mass is 299 g/mol. The number of aromatic nitrogens is 1. The molecule has 0 bridgehead atoms. The van der Waals surface area contributed by atoms with Crippen LogP contribution in [0, 0.1) is 13.8 Å². The lowest BCUT2D eigenvalue weighted by molar-refractivity contribution is 0.922. The molecule has 0 atom stereocenters. The van der Waals surface area contributed by atoms with E-state index in [4.69, 9.17) is 18.0 Å². The van der Waals surface area contributed by atoms with Crippen molar-refractivity contribution in [2.75, 3.05) is 5.32 Å². The number of anilines is 2. The van der Waals surface area contributed by atoms with E-state index >= 15 is 0 Å². The van der Waals surface area contributed by atoms with Gasteiger partial charge in [-0.1, -0.05) is 37.7 Å². The van der Waals surface area contributed by atoms with Crippen LogP contribution in [0.1, 0.15) is 35.9 Å². The van der Waals surface area contributed by atoms with Crippen molar-refractivity contribution in [1.82, 2.24) is 4.98 Å². The van der Waals surface area contributed by atoms with Crippen LogP contribution in [0.3, 0.4) is 0 Å². The molecular weight excluding hydrogens is 278 g/mol. The Kier molecular flexibility index (Phi) is 4.91. The number of benzene rings is 1. The number of hydrogen-bond acceptors (Lipinski definition) is 3. The molecule has 0 spiro atoms. The molecule has 0 radical (unpaired) electrons. The number of nitrogens with two attached hydrogens (primary N) is 1. The Balaban J connectivity index is 2.32. The predicted molar refractivity (Wildman–Crippen MR) is 93.3 cm³/mol. The zero-order valence-corrected chi connectivity index (χ0v) is 13.6. The molecule has 0 amide bonds. The first-order chi connectivity index (χ1) is 10.0. The van der Waals surface area contributed by atoms with Crippen LogP contribution in [-0.2, 0) is 6.42 Å². The molecule has 1 aromatic heterocycles. The maximum atomic E-state index is 5.83. The van der Waals surface area contributed by atoms with Crippen LogP contribution in [0.15, 0.2) is 30.3 Å². The number of aryl methyl sites for hydroxylation is 3. The summed E-state index contributed by atoms with van der Waals surface area (Å²) in [6.07, 6.45) is 2.26. The van der Waals surface area contributed by atoms with Gasteiger partial charge in [0, 0.05) is 17.1 Å². The van der Waals surface area contributed by atoms with Gasteiger partial charge in [-0.15, -0.1) is 0 Å². The Morgan fingerprint density at radius 2 is 1.90 bits per heavy atom. The summed E-state index contributed by atoms with van der Waals surface area (Å²) < 4.78 is 0. The standard InChI is InChI=1S/C17H21N3S/c1-4-5-13-6-8-14(9-7-13)20-15-10-11(2)19-12(3)16(15)17(18)21/h6-10H,4-5H2,1-3H3,(H2,18,21)(H,19,20). The Morgan fingerprint density at radius 1 is 1.24 bits per heavy atom. The zero-order chi connectivity index (χ0) is 15.4. The molecule has 4 heteroatoms. The Morgan fingerprint density at radius 3 is 2.48 bits per heavy atom. The number of rotatable bonds is 5. The second-order valence-electron chi connectivity index (χ2n) is 5.21. The Labute approximate surface area is 131 Å². The third-order valence-corrected chi connectivity index (χ3v) is 3.55. The molecule has 2 rings (SSSR count). The van der Waals surface area contributed by atoms with Gasteiger partial charge in [-0.3, -0.25) is 4.98 Å². The van der Waals surface area contributed by atoms with Gasteiger partial charge in [-0.05, 0) is 44.0 Å². The smallest absolute Gasteiger partial charge is 0.107 e. The highest BCUT2D eigenvalue weighted by molar-refractivity contribution is 7.80. The van der Waals surface area contributed by atoms with Crippen molar-refractivity contribution in [3.63, 3.8) is 0 Å². The minimum Gasteiger partial charge on any atom is -0.389 e. The van der Waals surface area contributed by atoms with Gasteiger partial charge in [0.15, 0.2) is 0 Å². The topological polar surface area (TPSA) is 50.9 Å². The van der Waals surface area contributed by atoms with E-state index in [-0.39, 0.29) is 0 Å². The summed E-state index contributed by atoms with van der Waals surface area (Å²) in [5.41, 5.74) is 11.7. The summed E-state index contributed by atoms with van der Waals surface area (Å²) >= 11 is 5.15. The molecule has 1 aromatic carbocycles. The lowest BCUT2D eigenvalue weighted by Gasteiger charge is -2.14. The van der Waals surface area contributed by atoms with Crippen molar-refractivity contribution in [3.05, 3.63) is 52.8 Å². The molecule has 0 fully saturated rings. The molecule has 0 aliphatic rings. The van der Waals surface area contributed by atoms with Gasteiger partial charge < -0.3 is 11.1 Å². The van der Waals surface area contributed by atoms with Gasteiger partial charge in [0.05, 0.1) is 11.3 Å². The van der Waals surface area contributed by atoms with E-state index in [9.17, 15) is 0 Å². The van der Waals surface area contributed by atoms with Gasteiger partial charge in [-0.2, -0.15) is 0 Å². The van der Waals surface area contributed by atoms with Gasteiger partial charge in [0.1, 0.15) is 4.99 Å². The van der Waals surface area contributed by atoms with Crippen LogP contribution in [0.25, 0.3) is 0 Å². The normalized spacial score (nSPS) is 10.4. The molecule has 0 unspecified atom stereocenters. The van der Waals surface area contributed by atoms with E-state index in [1.165, 1.54) is 5.56 Å². The van der Waals surface area contributed by atoms with Gasteiger partial charge >= 0.3 is 0 Å². The van der Waals surface area contributed by atoms with Crippen molar-refractivity contribution in [2.24, 2.45) is 5.73 Å². The van der Waals surface area contributed by atoms with Crippen molar-refractivity contribution < 1.29 is 0 Å². The van der Waals surface area contributed by atoms with Crippen LogP contribution >= 0.6 is 12.2 Å². The SMILES string of the molecule is CCCc1ccc(Nc2cc(C)nc(C)c2C(N)=S)cc1. The number of hydrogen-bond donors (Lipinski definition) is 2. The predicted octanol–water partition coefficient (Wildman–Crippen LogP) is 4.03. The minimum absolute atomic E-state index is 0.366. The van der Waals surface area contributed by atoms with Crippen molar-refractivity contribution in [3.8, 4) is 0 Å². The molecule has 0 aliphatic heterocycles. The van der Waals surface area contributed by atoms with Crippen molar-refractivity contribution in [1.29, 1.82) is 0 Å². The Hall–Kier alpha value is -1.94. The number of nitrogens with zero attached hydrogens (tertiary/aromatic N) is 1. The molecule has 2 aromatic rings. The van der Waals surface area contributed by atoms with Crippen LogP contribution in [0.4, 0.5) is 11.4 Å². The minimum atomic E-state index is 0.366. The van der Waals surface area contributed by atoms with E-state index in [1.807, 2.05) is 19.9 Å². The molecule has 0 aliphatic carbocycles. The van der Waals surface area contributed by atoms with Crippen molar-refractivity contribution >= 4 is 28.6 Å². The van der Waals surface area contributed by atoms with E-state index in [0.29, 0.717) is 4.99 Å². The van der Waals surface area contributed by atoms with Gasteiger partial charge in [0.2, 0.25) is 0 Å². The summed E-state index contributed by atoms with van der Waals surface area (Å²) in [4.78, 5) is 4.79. The molecule has 3 N–H and O–H groups in total. The number of nitrogens with one attached hydrogen (secondary N) is 1. The summed E-state index contributed by atoms with van der Waals surface area (Å²) in [5, 5.41) is 3.40. The van der Waals surface area contributed by atoms with E-state index in [1.54, 1.807) is 0 Å². The van der Waals surface area contributed by atoms with E-state index in [0.717, 1.165) is 41.2 Å². The quantitative estimate of drug-likeness (QED) is 0.818. The summed E-state index contributed by atoms with van der Waals surface area (Å²) in [5.74, 6) is 0. The fraction of sp³-hybridized carbons (Fsp3) is 0.294. The highest BCUT2D eigenvalue weighted by Gasteiger charge is 2.11. The lowest BCUT2D eigenvalue weighted by atomic mass is 10.1. The first-order valence-electron chi connectivity index (χ1n) is 7.15. The fourth-order valence-corrected chi connectivity index (χ4v) is 2.69. The highest BCUT2D eigenvalue weighted by atomic mass is 32.1. The van der Waals surface area contributed by atoms with Gasteiger partial charge in [0.25, 0.3) is 0 Å². The first-order valence-corrected chi connectivity index (χ1v) is 7.56. The van der Waals surface area contributed by atoms with Crippen LogP contribution in [0.2, 0.25) is 0 Å². The molecule has 1 heterocycles. The molecule has 3 nitrogen and oxygen atoms in total. The lowest BCUT2D eigenvalue weighted by Crippen LogP contribution is -2.15. The third-order valence-electron chi connectivity index (χ3n) is 3.35. The number of pyridine rings is 1. The fourth-order valence-electron chi connectivity index (χ4n) is 2.44. The summed E-state index contributed by atoms with van der Waals surface area (Å²) in [6.45, 7) is 6.08. The van der Waals surface area contributed by atoms with E-state index in [2.05, 4.69) is 41.5 Å². The van der Waals surface area contributed by atoms with Crippen LogP contribution < -0.4 is 11.1 Å². The van der Waals surface area contributed by atoms with Crippen LogP contribution in [-0.4, -0.2) is 9.97 Å². The highest BCUT2D eigenvalue weighted by Crippen LogP contribution is 2.24. The van der Waals surface area contributed by atoms with Gasteiger partial charge in [-0.25, -0.2) is 0 Å². The molecule has 110 valence electrons. The number of thiocarbonyl (C=S) groups is 1. The van der Waals surface area contributed by atoms with Crippen molar-refractivity contribution in [2.45, 2.75) is 33.6 Å². The van der Waals surface area contributed by atoms with Crippen LogP contribution in [0.5, 0.6) is 0 Å². The third kappa shape index (κ3) is 3.79.